The molecule has 1 saturated heterocycles. The number of fused-ring (bicyclic) bond motifs is 1. The van der Waals surface area contributed by atoms with Gasteiger partial charge in [-0.3, -0.25) is 4.79 Å². The highest BCUT2D eigenvalue weighted by Gasteiger charge is 2.33. The average molecular weight is 376 g/mol. The van der Waals surface area contributed by atoms with Gasteiger partial charge < -0.3 is 18.9 Å². The van der Waals surface area contributed by atoms with E-state index in [0.29, 0.717) is 23.0 Å². The fraction of sp³-hybridized carbons (Fsp3) is 0.273. The SMILES string of the molecule is Cc1ccccc1C1CCCN1C(=O)c1cc(-c2ccc3c(c2)OCO3)on1. The van der Waals surface area contributed by atoms with Gasteiger partial charge in [-0.15, -0.1) is 0 Å². The van der Waals surface area contributed by atoms with Crippen LogP contribution in [0.15, 0.2) is 53.1 Å². The highest BCUT2D eigenvalue weighted by atomic mass is 16.7. The second-order valence-corrected chi connectivity index (χ2v) is 7.16. The highest BCUT2D eigenvalue weighted by molar-refractivity contribution is 5.93. The molecule has 0 aliphatic carbocycles. The molecule has 1 amide bonds. The minimum Gasteiger partial charge on any atom is -0.454 e. The van der Waals surface area contributed by atoms with Crippen molar-refractivity contribution in [3.8, 4) is 22.8 Å². The van der Waals surface area contributed by atoms with Gasteiger partial charge in [0.05, 0.1) is 6.04 Å². The van der Waals surface area contributed by atoms with E-state index in [1.165, 1.54) is 11.1 Å². The van der Waals surface area contributed by atoms with Crippen LogP contribution in [-0.4, -0.2) is 29.3 Å². The summed E-state index contributed by atoms with van der Waals surface area (Å²) in [5.74, 6) is 1.81. The van der Waals surface area contributed by atoms with Crippen LogP contribution in [0.4, 0.5) is 0 Å². The first-order valence-corrected chi connectivity index (χ1v) is 9.44. The molecule has 2 aromatic carbocycles. The van der Waals surface area contributed by atoms with E-state index in [4.69, 9.17) is 14.0 Å². The minimum absolute atomic E-state index is 0.0828. The van der Waals surface area contributed by atoms with Crippen LogP contribution in [0.1, 0.15) is 40.5 Å². The first-order valence-electron chi connectivity index (χ1n) is 9.44. The van der Waals surface area contributed by atoms with Gasteiger partial charge in [-0.25, -0.2) is 0 Å². The molecule has 0 spiro atoms. The number of ether oxygens (including phenoxy) is 2. The Kier molecular flexibility index (Phi) is 4.04. The van der Waals surface area contributed by atoms with E-state index in [1.54, 1.807) is 6.07 Å². The number of amides is 1. The lowest BCUT2D eigenvalue weighted by atomic mass is 9.99. The molecule has 6 heteroatoms. The fourth-order valence-electron chi connectivity index (χ4n) is 4.00. The lowest BCUT2D eigenvalue weighted by Crippen LogP contribution is -2.31. The van der Waals surface area contributed by atoms with Crippen molar-refractivity contribution in [2.75, 3.05) is 13.3 Å². The molecule has 0 N–H and O–H groups in total. The lowest BCUT2D eigenvalue weighted by molar-refractivity contribution is 0.0725. The van der Waals surface area contributed by atoms with E-state index in [1.807, 2.05) is 35.2 Å². The zero-order valence-electron chi connectivity index (χ0n) is 15.6. The summed E-state index contributed by atoms with van der Waals surface area (Å²) in [5.41, 5.74) is 3.53. The number of nitrogens with zero attached hydrogens (tertiary/aromatic N) is 2. The Balaban J connectivity index is 1.41. The predicted molar refractivity (Wildman–Crippen MR) is 102 cm³/mol. The molecule has 0 bridgehead atoms. The molecule has 2 aliphatic heterocycles. The largest absolute Gasteiger partial charge is 0.454 e. The van der Waals surface area contributed by atoms with Gasteiger partial charge in [0, 0.05) is 18.2 Å². The number of rotatable bonds is 3. The van der Waals surface area contributed by atoms with Crippen LogP contribution < -0.4 is 9.47 Å². The van der Waals surface area contributed by atoms with E-state index in [2.05, 4.69) is 24.2 Å². The van der Waals surface area contributed by atoms with Gasteiger partial charge in [-0.05, 0) is 49.1 Å². The van der Waals surface area contributed by atoms with Crippen LogP contribution >= 0.6 is 0 Å². The summed E-state index contributed by atoms with van der Waals surface area (Å²) in [4.78, 5) is 15.0. The van der Waals surface area contributed by atoms with Crippen molar-refractivity contribution in [1.29, 1.82) is 0 Å². The van der Waals surface area contributed by atoms with Gasteiger partial charge in [-0.1, -0.05) is 29.4 Å². The highest BCUT2D eigenvalue weighted by Crippen LogP contribution is 2.37. The molecule has 1 atom stereocenters. The summed E-state index contributed by atoms with van der Waals surface area (Å²) < 4.78 is 16.2. The van der Waals surface area contributed by atoms with Gasteiger partial charge in [-0.2, -0.15) is 0 Å². The molecular weight excluding hydrogens is 356 g/mol. The Bertz CT molecular complexity index is 1040. The topological polar surface area (TPSA) is 64.8 Å². The number of benzene rings is 2. The molecule has 6 nitrogen and oxygen atoms in total. The first kappa shape index (κ1) is 16.9. The van der Waals surface area contributed by atoms with Crippen LogP contribution in [0.25, 0.3) is 11.3 Å². The summed E-state index contributed by atoms with van der Waals surface area (Å²) in [5, 5.41) is 4.04. The summed E-state index contributed by atoms with van der Waals surface area (Å²) in [6, 6.07) is 15.6. The van der Waals surface area contributed by atoms with E-state index in [-0.39, 0.29) is 18.7 Å². The average Bonchev–Trinajstić information content (AvgIpc) is 3.47. The number of carbonyl (C=O) groups is 1. The molecule has 1 unspecified atom stereocenters. The Labute approximate surface area is 162 Å². The predicted octanol–water partition coefficient (Wildman–Crippen LogP) is 4.36. The maximum Gasteiger partial charge on any atom is 0.276 e. The lowest BCUT2D eigenvalue weighted by Gasteiger charge is -2.25. The number of aromatic nitrogens is 1. The molecule has 142 valence electrons. The molecule has 2 aliphatic rings. The first-order chi connectivity index (χ1) is 13.7. The zero-order chi connectivity index (χ0) is 19.1. The third kappa shape index (κ3) is 2.81. The van der Waals surface area contributed by atoms with E-state index in [0.717, 1.165) is 24.9 Å². The maximum absolute atomic E-state index is 13.1. The molecular formula is C22H20N2O4. The normalized spacial score (nSPS) is 17.9. The number of hydrogen-bond donors (Lipinski definition) is 0. The van der Waals surface area contributed by atoms with Gasteiger partial charge in [0.15, 0.2) is 23.0 Å². The number of carbonyl (C=O) groups excluding carboxylic acids is 1. The molecule has 3 heterocycles. The Morgan fingerprint density at radius 2 is 1.96 bits per heavy atom. The van der Waals surface area contributed by atoms with Crippen LogP contribution in [0.3, 0.4) is 0 Å². The zero-order valence-corrected chi connectivity index (χ0v) is 15.6. The number of aryl methyl sites for hydroxylation is 1. The summed E-state index contributed by atoms with van der Waals surface area (Å²) in [6.07, 6.45) is 1.95. The molecule has 0 radical (unpaired) electrons. The molecule has 1 fully saturated rings. The van der Waals surface area contributed by atoms with Gasteiger partial charge in [0.1, 0.15) is 0 Å². The van der Waals surface area contributed by atoms with Crippen molar-refractivity contribution in [3.05, 3.63) is 65.4 Å². The number of likely N-dealkylation sites (tertiary alicyclic amines) is 1. The van der Waals surface area contributed by atoms with Crippen molar-refractivity contribution in [1.82, 2.24) is 10.1 Å². The second-order valence-electron chi connectivity index (χ2n) is 7.16. The van der Waals surface area contributed by atoms with Gasteiger partial charge in [0.2, 0.25) is 6.79 Å². The van der Waals surface area contributed by atoms with Crippen molar-refractivity contribution >= 4 is 5.91 Å². The van der Waals surface area contributed by atoms with E-state index >= 15 is 0 Å². The van der Waals surface area contributed by atoms with Gasteiger partial charge in [0.25, 0.3) is 5.91 Å². The summed E-state index contributed by atoms with van der Waals surface area (Å²) in [6.45, 7) is 3.03. The van der Waals surface area contributed by atoms with E-state index < -0.39 is 0 Å². The molecule has 3 aromatic rings. The van der Waals surface area contributed by atoms with Crippen molar-refractivity contribution in [2.24, 2.45) is 0 Å². The summed E-state index contributed by atoms with van der Waals surface area (Å²) in [7, 11) is 0. The van der Waals surface area contributed by atoms with Crippen molar-refractivity contribution in [3.63, 3.8) is 0 Å². The van der Waals surface area contributed by atoms with Gasteiger partial charge >= 0.3 is 0 Å². The molecule has 1 aromatic heterocycles. The number of hydrogen-bond acceptors (Lipinski definition) is 5. The Morgan fingerprint density at radius 1 is 1.11 bits per heavy atom. The molecule has 5 rings (SSSR count). The van der Waals surface area contributed by atoms with E-state index in [9.17, 15) is 4.79 Å². The standard InChI is InChI=1S/C22H20N2O4/c1-14-5-2-3-6-16(14)18-7-4-10-24(18)22(25)17-12-20(28-23-17)15-8-9-19-21(11-15)27-13-26-19/h2-3,5-6,8-9,11-12,18H,4,7,10,13H2,1H3. The third-order valence-corrected chi connectivity index (χ3v) is 5.45. The maximum atomic E-state index is 13.1. The smallest absolute Gasteiger partial charge is 0.276 e. The molecule has 0 saturated carbocycles. The van der Waals surface area contributed by atoms with Crippen LogP contribution in [-0.2, 0) is 0 Å². The quantitative estimate of drug-likeness (QED) is 0.680. The van der Waals surface area contributed by atoms with Crippen LogP contribution in [0, 0.1) is 6.92 Å². The molecule has 28 heavy (non-hydrogen) atoms. The Morgan fingerprint density at radius 3 is 2.86 bits per heavy atom. The fourth-order valence-corrected chi connectivity index (χ4v) is 4.00. The summed E-state index contributed by atoms with van der Waals surface area (Å²) >= 11 is 0. The van der Waals surface area contributed by atoms with Crippen molar-refractivity contribution in [2.45, 2.75) is 25.8 Å². The minimum atomic E-state index is -0.0958. The Hall–Kier alpha value is -3.28. The second kappa shape index (κ2) is 6.71. The van der Waals surface area contributed by atoms with Crippen LogP contribution in [0.5, 0.6) is 11.5 Å². The van der Waals surface area contributed by atoms with Crippen LogP contribution in [0.2, 0.25) is 0 Å². The van der Waals surface area contributed by atoms with Crippen molar-refractivity contribution < 1.29 is 18.8 Å². The monoisotopic (exact) mass is 376 g/mol. The third-order valence-electron chi connectivity index (χ3n) is 5.45.